The van der Waals surface area contributed by atoms with Gasteiger partial charge in [0.25, 0.3) is 0 Å². The van der Waals surface area contributed by atoms with E-state index in [0.717, 1.165) is 32.2 Å². The first-order chi connectivity index (χ1) is 13.1. The number of rotatable bonds is 10. The molecule has 3 amide bonds. The standard InChI is InChI=1S/C22H29N3O2/c1-17(19-12-11-18-9-5-6-10-20(18)15-19)23-13-7-3-2-4-8-14-25-16-21(26)24-22(25)27/h5-6,9-12,15,17,23H,2-4,7-8,13-14,16H2,1H3,(H,24,26,27)/t17-/m1/s1. The summed E-state index contributed by atoms with van der Waals surface area (Å²) in [6.07, 6.45) is 5.55. The van der Waals surface area contributed by atoms with Gasteiger partial charge in [-0.1, -0.05) is 55.7 Å². The van der Waals surface area contributed by atoms with Crippen LogP contribution in [0.2, 0.25) is 0 Å². The van der Waals surface area contributed by atoms with E-state index < -0.39 is 0 Å². The Hall–Kier alpha value is -2.40. The Morgan fingerprint density at radius 2 is 1.74 bits per heavy atom. The second-order valence-corrected chi connectivity index (χ2v) is 7.33. The monoisotopic (exact) mass is 367 g/mol. The Labute approximate surface area is 161 Å². The predicted molar refractivity (Wildman–Crippen MR) is 109 cm³/mol. The first kappa shape index (κ1) is 19.4. The Morgan fingerprint density at radius 1 is 1.00 bits per heavy atom. The van der Waals surface area contributed by atoms with Crippen LogP contribution >= 0.6 is 0 Å². The van der Waals surface area contributed by atoms with Gasteiger partial charge in [0.15, 0.2) is 0 Å². The highest BCUT2D eigenvalue weighted by Gasteiger charge is 2.25. The van der Waals surface area contributed by atoms with Crippen LogP contribution in [0.5, 0.6) is 0 Å². The van der Waals surface area contributed by atoms with E-state index in [9.17, 15) is 9.59 Å². The summed E-state index contributed by atoms with van der Waals surface area (Å²) in [7, 11) is 0. The Bertz CT molecular complexity index is 790. The molecule has 2 N–H and O–H groups in total. The van der Waals surface area contributed by atoms with Crippen LogP contribution in [0.1, 0.15) is 50.6 Å². The van der Waals surface area contributed by atoms with Crippen molar-refractivity contribution in [1.82, 2.24) is 15.5 Å². The van der Waals surface area contributed by atoms with Gasteiger partial charge in [-0.3, -0.25) is 10.1 Å². The summed E-state index contributed by atoms with van der Waals surface area (Å²) in [5, 5.41) is 8.49. The van der Waals surface area contributed by atoms with Crippen molar-refractivity contribution in [2.75, 3.05) is 19.6 Å². The number of carbonyl (C=O) groups excluding carboxylic acids is 2. The lowest BCUT2D eigenvalue weighted by atomic mass is 10.0. The van der Waals surface area contributed by atoms with Crippen LogP contribution in [0.4, 0.5) is 4.79 Å². The number of nitrogens with one attached hydrogen (secondary N) is 2. The summed E-state index contributed by atoms with van der Waals surface area (Å²) in [6, 6.07) is 15.2. The summed E-state index contributed by atoms with van der Waals surface area (Å²) in [6.45, 7) is 4.12. The van der Waals surface area contributed by atoms with Crippen molar-refractivity contribution in [2.24, 2.45) is 0 Å². The van der Waals surface area contributed by atoms with Gasteiger partial charge in [0.05, 0.1) is 0 Å². The molecule has 5 nitrogen and oxygen atoms in total. The molecular formula is C22H29N3O2. The third-order valence-electron chi connectivity index (χ3n) is 5.20. The first-order valence-electron chi connectivity index (χ1n) is 9.94. The smallest absolute Gasteiger partial charge is 0.315 e. The second-order valence-electron chi connectivity index (χ2n) is 7.33. The highest BCUT2D eigenvalue weighted by atomic mass is 16.2. The molecule has 1 aliphatic heterocycles. The zero-order chi connectivity index (χ0) is 19.1. The van der Waals surface area contributed by atoms with Gasteiger partial charge in [-0.15, -0.1) is 0 Å². The van der Waals surface area contributed by atoms with E-state index in [4.69, 9.17) is 0 Å². The molecule has 0 aromatic heterocycles. The third-order valence-corrected chi connectivity index (χ3v) is 5.20. The van der Waals surface area contributed by atoms with Crippen molar-refractivity contribution in [3.63, 3.8) is 0 Å². The molecule has 1 atom stereocenters. The molecule has 0 unspecified atom stereocenters. The third kappa shape index (κ3) is 5.54. The maximum absolute atomic E-state index is 11.4. The van der Waals surface area contributed by atoms with Crippen molar-refractivity contribution in [3.8, 4) is 0 Å². The number of nitrogens with zero attached hydrogens (tertiary/aromatic N) is 1. The van der Waals surface area contributed by atoms with Gasteiger partial charge >= 0.3 is 6.03 Å². The number of carbonyl (C=O) groups is 2. The Morgan fingerprint density at radius 3 is 2.52 bits per heavy atom. The minimum atomic E-state index is -0.244. The number of imide groups is 1. The van der Waals surface area contributed by atoms with Gasteiger partial charge in [-0.25, -0.2) is 4.79 Å². The van der Waals surface area contributed by atoms with E-state index in [-0.39, 0.29) is 18.5 Å². The van der Waals surface area contributed by atoms with Crippen molar-refractivity contribution >= 4 is 22.7 Å². The fraction of sp³-hybridized carbons (Fsp3) is 0.455. The van der Waals surface area contributed by atoms with Gasteiger partial charge < -0.3 is 10.2 Å². The first-order valence-corrected chi connectivity index (χ1v) is 9.94. The van der Waals surface area contributed by atoms with Crippen molar-refractivity contribution in [3.05, 3.63) is 48.0 Å². The maximum atomic E-state index is 11.4. The lowest BCUT2D eigenvalue weighted by Crippen LogP contribution is -2.29. The Balaban J connectivity index is 1.27. The predicted octanol–water partition coefficient (Wildman–Crippen LogP) is 3.99. The van der Waals surface area contributed by atoms with Crippen LogP contribution in [0.25, 0.3) is 10.8 Å². The number of benzene rings is 2. The summed E-state index contributed by atoms with van der Waals surface area (Å²) < 4.78 is 0. The SMILES string of the molecule is C[C@@H](NCCCCCCCN1CC(=O)NC1=O)c1ccc2ccccc2c1. The van der Waals surface area contributed by atoms with Crippen molar-refractivity contribution in [2.45, 2.75) is 45.1 Å². The van der Waals surface area contributed by atoms with Gasteiger partial charge in [-0.05, 0) is 48.7 Å². The molecular weight excluding hydrogens is 338 g/mol. The van der Waals surface area contributed by atoms with E-state index in [0.29, 0.717) is 12.6 Å². The number of urea groups is 1. The fourth-order valence-corrected chi connectivity index (χ4v) is 3.54. The quantitative estimate of drug-likeness (QED) is 0.493. The highest BCUT2D eigenvalue weighted by molar-refractivity contribution is 6.01. The van der Waals surface area contributed by atoms with Gasteiger partial charge in [0, 0.05) is 12.6 Å². The van der Waals surface area contributed by atoms with Crippen LogP contribution in [0.3, 0.4) is 0 Å². The minimum absolute atomic E-state index is 0.188. The molecule has 1 saturated heterocycles. The van der Waals surface area contributed by atoms with Crippen LogP contribution in [0, 0.1) is 0 Å². The molecule has 2 aromatic rings. The molecule has 27 heavy (non-hydrogen) atoms. The topological polar surface area (TPSA) is 61.4 Å². The Kier molecular flexibility index (Phi) is 6.82. The molecule has 0 saturated carbocycles. The van der Waals surface area contributed by atoms with E-state index in [2.05, 4.69) is 60.0 Å². The zero-order valence-corrected chi connectivity index (χ0v) is 16.0. The van der Waals surface area contributed by atoms with Gasteiger partial charge in [-0.2, -0.15) is 0 Å². The van der Waals surface area contributed by atoms with E-state index in [1.165, 1.54) is 22.8 Å². The molecule has 0 aliphatic carbocycles. The number of amides is 3. The zero-order valence-electron chi connectivity index (χ0n) is 16.0. The molecule has 144 valence electrons. The highest BCUT2D eigenvalue weighted by Crippen LogP contribution is 2.20. The van der Waals surface area contributed by atoms with E-state index in [1.807, 2.05) is 0 Å². The van der Waals surface area contributed by atoms with Crippen molar-refractivity contribution < 1.29 is 9.59 Å². The van der Waals surface area contributed by atoms with Crippen LogP contribution in [-0.2, 0) is 4.79 Å². The molecule has 0 bridgehead atoms. The number of unbranched alkanes of at least 4 members (excludes halogenated alkanes) is 4. The van der Waals surface area contributed by atoms with E-state index >= 15 is 0 Å². The summed E-state index contributed by atoms with van der Waals surface area (Å²) in [4.78, 5) is 24.1. The average Bonchev–Trinajstić information content (AvgIpc) is 3.00. The molecule has 1 fully saturated rings. The molecule has 1 heterocycles. The fourth-order valence-electron chi connectivity index (χ4n) is 3.54. The maximum Gasteiger partial charge on any atom is 0.324 e. The lowest BCUT2D eigenvalue weighted by molar-refractivity contribution is -0.118. The largest absolute Gasteiger partial charge is 0.324 e. The average molecular weight is 367 g/mol. The van der Waals surface area contributed by atoms with E-state index in [1.54, 1.807) is 4.90 Å². The summed E-state index contributed by atoms with van der Waals surface area (Å²) >= 11 is 0. The molecule has 3 rings (SSSR count). The summed E-state index contributed by atoms with van der Waals surface area (Å²) in [5.74, 6) is -0.188. The normalized spacial score (nSPS) is 15.4. The second kappa shape index (κ2) is 9.51. The van der Waals surface area contributed by atoms with Gasteiger partial charge in [0.2, 0.25) is 5.91 Å². The number of hydrogen-bond donors (Lipinski definition) is 2. The summed E-state index contributed by atoms with van der Waals surface area (Å²) in [5.41, 5.74) is 1.33. The minimum Gasteiger partial charge on any atom is -0.315 e. The molecule has 0 radical (unpaired) electrons. The number of fused-ring (bicyclic) bond motifs is 1. The number of hydrogen-bond acceptors (Lipinski definition) is 3. The van der Waals surface area contributed by atoms with Crippen molar-refractivity contribution in [1.29, 1.82) is 0 Å². The molecule has 1 aliphatic rings. The van der Waals surface area contributed by atoms with Crippen LogP contribution in [0.15, 0.2) is 42.5 Å². The van der Waals surface area contributed by atoms with Crippen LogP contribution in [-0.4, -0.2) is 36.5 Å². The molecule has 0 spiro atoms. The molecule has 2 aromatic carbocycles. The van der Waals surface area contributed by atoms with Gasteiger partial charge in [0.1, 0.15) is 6.54 Å². The lowest BCUT2D eigenvalue weighted by Gasteiger charge is -2.15. The van der Waals surface area contributed by atoms with Crippen LogP contribution < -0.4 is 10.6 Å². The molecule has 5 heteroatoms.